The van der Waals surface area contributed by atoms with Crippen molar-refractivity contribution in [3.05, 3.63) is 84.4 Å². The van der Waals surface area contributed by atoms with Gasteiger partial charge in [-0.3, -0.25) is 4.90 Å². The van der Waals surface area contributed by atoms with Gasteiger partial charge in [-0.15, -0.1) is 0 Å². The Morgan fingerprint density at radius 3 is 2.43 bits per heavy atom. The average molecular weight is 490 g/mol. The lowest BCUT2D eigenvalue weighted by atomic mass is 10.0. The normalized spacial score (nSPS) is 18.3. The summed E-state index contributed by atoms with van der Waals surface area (Å²) in [5.74, 6) is 0.0843. The molecule has 2 aliphatic rings. The second-order valence-corrected chi connectivity index (χ2v) is 11.4. The van der Waals surface area contributed by atoms with Crippen LogP contribution < -0.4 is 10.2 Å². The third-order valence-electron chi connectivity index (χ3n) is 6.94. The predicted octanol–water partition coefficient (Wildman–Crippen LogP) is 4.36. The fourth-order valence-electron chi connectivity index (χ4n) is 5.05. The maximum absolute atomic E-state index is 13.1. The molecule has 1 saturated heterocycles. The van der Waals surface area contributed by atoms with E-state index in [0.717, 1.165) is 31.5 Å². The van der Waals surface area contributed by atoms with Crippen LogP contribution in [0.25, 0.3) is 11.1 Å². The molecular weight excluding hydrogens is 458 g/mol. The van der Waals surface area contributed by atoms with Crippen molar-refractivity contribution in [2.75, 3.05) is 36.8 Å². The molecule has 35 heavy (non-hydrogen) atoms. The highest BCUT2D eigenvalue weighted by Crippen LogP contribution is 2.32. The summed E-state index contributed by atoms with van der Waals surface area (Å²) in [5, 5.41) is 3.20. The van der Waals surface area contributed by atoms with Crippen molar-refractivity contribution < 1.29 is 13.2 Å². The van der Waals surface area contributed by atoms with E-state index in [1.807, 2.05) is 35.2 Å². The number of rotatable bonds is 6. The van der Waals surface area contributed by atoms with E-state index in [1.54, 1.807) is 24.3 Å². The van der Waals surface area contributed by atoms with Crippen LogP contribution in [0.5, 0.6) is 0 Å². The second-order valence-electron chi connectivity index (χ2n) is 9.33. The predicted molar refractivity (Wildman–Crippen MR) is 139 cm³/mol. The van der Waals surface area contributed by atoms with E-state index in [1.165, 1.54) is 16.7 Å². The molecule has 2 amide bonds. The minimum absolute atomic E-state index is 0.0170. The first-order valence-corrected chi connectivity index (χ1v) is 13.9. The fourth-order valence-corrected chi connectivity index (χ4v) is 6.35. The number of amides is 2. The Bertz CT molecular complexity index is 1280. The van der Waals surface area contributed by atoms with Gasteiger partial charge in [0.1, 0.15) is 0 Å². The number of piperidine rings is 1. The van der Waals surface area contributed by atoms with Gasteiger partial charge < -0.3 is 10.2 Å². The molecule has 1 unspecified atom stereocenters. The summed E-state index contributed by atoms with van der Waals surface area (Å²) in [6.45, 7) is 2.67. The van der Waals surface area contributed by atoms with Gasteiger partial charge in [0.2, 0.25) is 0 Å². The Morgan fingerprint density at radius 2 is 1.66 bits per heavy atom. The molecule has 0 bridgehead atoms. The molecule has 1 atom stereocenters. The lowest BCUT2D eigenvalue weighted by molar-refractivity contribution is 0.195. The van der Waals surface area contributed by atoms with Crippen LogP contribution in [-0.4, -0.2) is 57.3 Å². The molecule has 182 valence electrons. The first-order valence-electron chi connectivity index (χ1n) is 12.3. The van der Waals surface area contributed by atoms with E-state index in [0.29, 0.717) is 24.5 Å². The first kappa shape index (κ1) is 23.6. The van der Waals surface area contributed by atoms with Crippen molar-refractivity contribution in [2.45, 2.75) is 30.2 Å². The minimum Gasteiger partial charge on any atom is -0.334 e. The highest BCUT2D eigenvalue weighted by atomic mass is 32.2. The van der Waals surface area contributed by atoms with Gasteiger partial charge in [0.15, 0.2) is 9.84 Å². The maximum atomic E-state index is 13.1. The maximum Gasteiger partial charge on any atom is 0.322 e. The lowest BCUT2D eigenvalue weighted by Gasteiger charge is -2.34. The molecule has 5 rings (SSSR count). The van der Waals surface area contributed by atoms with Crippen molar-refractivity contribution in [3.8, 4) is 11.1 Å². The van der Waals surface area contributed by atoms with Crippen molar-refractivity contribution in [3.63, 3.8) is 0 Å². The lowest BCUT2D eigenvalue weighted by Crippen LogP contribution is -2.52. The molecule has 0 aromatic heterocycles. The van der Waals surface area contributed by atoms with E-state index in [-0.39, 0.29) is 17.8 Å². The summed E-state index contributed by atoms with van der Waals surface area (Å²) < 4.78 is 25.3. The number of anilines is 1. The highest BCUT2D eigenvalue weighted by molar-refractivity contribution is 7.91. The molecule has 3 aromatic carbocycles. The molecule has 3 aromatic rings. The Kier molecular flexibility index (Phi) is 6.88. The standard InChI is InChI=1S/C28H31N3O3S/c32-28(31-17-15-24-20-23(13-14-27(24)31)22-8-3-1-4-9-22)29-25-10-7-16-30(21-25)18-19-35(33,34)26-11-5-2-6-12-26/h1-6,8-9,11-14,20,25H,7,10,15-19,21H2,(H,29,32). The molecule has 1 N–H and O–H groups in total. The molecule has 2 heterocycles. The monoisotopic (exact) mass is 489 g/mol. The van der Waals surface area contributed by atoms with Crippen LogP contribution in [0.1, 0.15) is 18.4 Å². The Morgan fingerprint density at radius 1 is 0.914 bits per heavy atom. The summed E-state index contributed by atoms with van der Waals surface area (Å²) >= 11 is 0. The van der Waals surface area contributed by atoms with Crippen LogP contribution in [0.2, 0.25) is 0 Å². The number of urea groups is 1. The van der Waals surface area contributed by atoms with Gasteiger partial charge in [0.25, 0.3) is 0 Å². The number of carbonyl (C=O) groups is 1. The molecule has 0 aliphatic carbocycles. The molecule has 7 heteroatoms. The molecule has 0 spiro atoms. The zero-order chi connectivity index (χ0) is 24.3. The van der Waals surface area contributed by atoms with Crippen LogP contribution in [0, 0.1) is 0 Å². The third-order valence-corrected chi connectivity index (χ3v) is 8.65. The number of sulfone groups is 1. The zero-order valence-electron chi connectivity index (χ0n) is 19.8. The van der Waals surface area contributed by atoms with Gasteiger partial charge in [-0.05, 0) is 66.8 Å². The van der Waals surface area contributed by atoms with Crippen LogP contribution in [0.15, 0.2) is 83.8 Å². The van der Waals surface area contributed by atoms with Crippen molar-refractivity contribution >= 4 is 21.6 Å². The Labute approximate surface area is 207 Å². The number of fused-ring (bicyclic) bond motifs is 1. The summed E-state index contributed by atoms with van der Waals surface area (Å²) in [6, 6.07) is 25.1. The van der Waals surface area contributed by atoms with Gasteiger partial charge in [0.05, 0.1) is 10.6 Å². The van der Waals surface area contributed by atoms with Crippen LogP contribution in [-0.2, 0) is 16.3 Å². The number of nitrogens with one attached hydrogen (secondary N) is 1. The number of benzene rings is 3. The average Bonchev–Trinajstić information content (AvgIpc) is 3.32. The van der Waals surface area contributed by atoms with Gasteiger partial charge in [0, 0.05) is 31.4 Å². The van der Waals surface area contributed by atoms with Crippen molar-refractivity contribution in [1.29, 1.82) is 0 Å². The van der Waals surface area contributed by atoms with Crippen molar-refractivity contribution in [2.24, 2.45) is 0 Å². The number of likely N-dealkylation sites (tertiary alicyclic amines) is 1. The zero-order valence-corrected chi connectivity index (χ0v) is 20.6. The number of carbonyl (C=O) groups excluding carboxylic acids is 1. The van der Waals surface area contributed by atoms with Crippen molar-refractivity contribution in [1.82, 2.24) is 10.2 Å². The molecule has 2 aliphatic heterocycles. The second kappa shape index (κ2) is 10.2. The topological polar surface area (TPSA) is 69.7 Å². The van der Waals surface area contributed by atoms with E-state index >= 15 is 0 Å². The Balaban J connectivity index is 1.18. The van der Waals surface area contributed by atoms with Crippen LogP contribution in [0.4, 0.5) is 10.5 Å². The summed E-state index contributed by atoms with van der Waals surface area (Å²) in [5.41, 5.74) is 4.51. The minimum atomic E-state index is -3.31. The summed E-state index contributed by atoms with van der Waals surface area (Å²) in [4.78, 5) is 17.5. The van der Waals surface area contributed by atoms with Gasteiger partial charge >= 0.3 is 6.03 Å². The molecular formula is C28H31N3O3S. The van der Waals surface area contributed by atoms with E-state index in [2.05, 4.69) is 34.5 Å². The highest BCUT2D eigenvalue weighted by Gasteiger charge is 2.29. The molecule has 6 nitrogen and oxygen atoms in total. The van der Waals surface area contributed by atoms with Gasteiger partial charge in [-0.25, -0.2) is 13.2 Å². The summed E-state index contributed by atoms with van der Waals surface area (Å²) in [6.07, 6.45) is 2.69. The quantitative estimate of drug-likeness (QED) is 0.559. The smallest absolute Gasteiger partial charge is 0.322 e. The van der Waals surface area contributed by atoms with Crippen LogP contribution in [0.3, 0.4) is 0 Å². The largest absolute Gasteiger partial charge is 0.334 e. The number of hydrogen-bond acceptors (Lipinski definition) is 4. The van der Waals surface area contributed by atoms with E-state index in [4.69, 9.17) is 0 Å². The molecule has 0 radical (unpaired) electrons. The van der Waals surface area contributed by atoms with Crippen LogP contribution >= 0.6 is 0 Å². The first-order chi connectivity index (χ1) is 17.0. The SMILES string of the molecule is O=C(NC1CCCN(CCS(=O)(=O)c2ccccc2)C1)N1CCc2cc(-c3ccccc3)ccc21. The van der Waals surface area contributed by atoms with E-state index < -0.39 is 9.84 Å². The third kappa shape index (κ3) is 5.41. The van der Waals surface area contributed by atoms with E-state index in [9.17, 15) is 13.2 Å². The number of nitrogens with zero attached hydrogens (tertiary/aromatic N) is 2. The summed E-state index contributed by atoms with van der Waals surface area (Å²) in [7, 11) is -3.31. The Hall–Kier alpha value is -3.16. The van der Waals surface area contributed by atoms with Gasteiger partial charge in [-0.1, -0.05) is 54.6 Å². The van der Waals surface area contributed by atoms with Gasteiger partial charge in [-0.2, -0.15) is 0 Å². The molecule has 0 saturated carbocycles. The number of hydrogen-bond donors (Lipinski definition) is 1. The molecule has 1 fully saturated rings. The fraction of sp³-hybridized carbons (Fsp3) is 0.321.